The number of rotatable bonds is 6. The van der Waals surface area contributed by atoms with Crippen LogP contribution in [0.3, 0.4) is 0 Å². The van der Waals surface area contributed by atoms with Gasteiger partial charge in [-0.1, -0.05) is 32.9 Å². The maximum Gasteiger partial charge on any atom is 0.253 e. The summed E-state index contributed by atoms with van der Waals surface area (Å²) in [6, 6.07) is 13.9. The van der Waals surface area contributed by atoms with E-state index in [1.54, 1.807) is 0 Å². The predicted octanol–water partition coefficient (Wildman–Crippen LogP) is 5.59. The number of carbonyl (C=O) groups is 1. The number of likely N-dealkylation sites (tertiary alicyclic amines) is 1. The molecule has 3 rings (SSSR count). The minimum Gasteiger partial charge on any atom is -0.493 e. The maximum atomic E-state index is 12.9. The Kier molecular flexibility index (Phi) is 6.83. The van der Waals surface area contributed by atoms with Gasteiger partial charge in [0, 0.05) is 24.2 Å². The summed E-state index contributed by atoms with van der Waals surface area (Å²) in [6.07, 6.45) is 3.38. The molecule has 0 aliphatic carbocycles. The molecule has 0 atom stereocenters. The highest BCUT2D eigenvalue weighted by atomic mass is 16.5. The molecule has 1 amide bonds. The summed E-state index contributed by atoms with van der Waals surface area (Å²) in [5.41, 5.74) is 2.99. The Balaban J connectivity index is 1.74. The Morgan fingerprint density at radius 2 is 1.66 bits per heavy atom. The molecule has 0 saturated carbocycles. The summed E-state index contributed by atoms with van der Waals surface area (Å²) in [7, 11) is 0. The molecule has 1 fully saturated rings. The molecule has 1 aliphatic heterocycles. The Hall–Kier alpha value is -2.49. The number of amides is 1. The molecule has 0 radical (unpaired) electrons. The van der Waals surface area contributed by atoms with Crippen molar-refractivity contribution in [1.29, 1.82) is 0 Å². The molecule has 4 heteroatoms. The molecular formula is C25H33NO3. The predicted molar refractivity (Wildman–Crippen MR) is 117 cm³/mol. The van der Waals surface area contributed by atoms with Crippen molar-refractivity contribution >= 4 is 5.91 Å². The average molecular weight is 396 g/mol. The van der Waals surface area contributed by atoms with Crippen molar-refractivity contribution in [2.24, 2.45) is 0 Å². The highest BCUT2D eigenvalue weighted by Crippen LogP contribution is 2.27. The second kappa shape index (κ2) is 9.34. The topological polar surface area (TPSA) is 38.8 Å². The molecule has 0 spiro atoms. The second-order valence-electron chi connectivity index (χ2n) is 8.67. The van der Waals surface area contributed by atoms with Crippen LogP contribution in [0.4, 0.5) is 0 Å². The Labute approximate surface area is 174 Å². The van der Waals surface area contributed by atoms with Crippen LogP contribution in [-0.4, -0.2) is 30.5 Å². The monoisotopic (exact) mass is 395 g/mol. The number of hydrogen-bond acceptors (Lipinski definition) is 3. The van der Waals surface area contributed by atoms with Crippen LogP contribution in [0.5, 0.6) is 11.5 Å². The van der Waals surface area contributed by atoms with E-state index in [4.69, 9.17) is 9.47 Å². The Morgan fingerprint density at radius 3 is 2.28 bits per heavy atom. The van der Waals surface area contributed by atoms with E-state index in [2.05, 4.69) is 32.9 Å². The lowest BCUT2D eigenvalue weighted by molar-refractivity contribution is 0.0724. The van der Waals surface area contributed by atoms with E-state index in [1.165, 1.54) is 12.0 Å². The van der Waals surface area contributed by atoms with Gasteiger partial charge in [0.25, 0.3) is 5.91 Å². The van der Waals surface area contributed by atoms with Crippen molar-refractivity contribution in [2.75, 3.05) is 19.7 Å². The third-order valence-corrected chi connectivity index (χ3v) is 5.37. The van der Waals surface area contributed by atoms with Gasteiger partial charge in [0.15, 0.2) is 0 Å². The largest absolute Gasteiger partial charge is 0.493 e. The lowest BCUT2D eigenvalue weighted by Crippen LogP contribution is -2.35. The molecular weight excluding hydrogens is 362 g/mol. The number of nitrogens with zero attached hydrogens (tertiary/aromatic N) is 1. The summed E-state index contributed by atoms with van der Waals surface area (Å²) >= 11 is 0. The first-order chi connectivity index (χ1) is 13.9. The van der Waals surface area contributed by atoms with E-state index < -0.39 is 0 Å². The standard InChI is InChI=1S/C25H33NO3/c1-5-28-23-14-9-19(24(27)26-15-7-6-8-16-26)17-20(23)18-29-22-12-10-21(11-13-22)25(2,3)4/h9-14,17H,5-8,15-16,18H2,1-4H3. The van der Waals surface area contributed by atoms with Crippen molar-refractivity contribution in [3.8, 4) is 11.5 Å². The van der Waals surface area contributed by atoms with Crippen LogP contribution >= 0.6 is 0 Å². The van der Waals surface area contributed by atoms with Crippen molar-refractivity contribution < 1.29 is 14.3 Å². The lowest BCUT2D eigenvalue weighted by atomic mass is 9.87. The van der Waals surface area contributed by atoms with Crippen LogP contribution in [0.2, 0.25) is 0 Å². The molecule has 0 bridgehead atoms. The molecule has 1 saturated heterocycles. The third kappa shape index (κ3) is 5.53. The van der Waals surface area contributed by atoms with Gasteiger partial charge in [0.2, 0.25) is 0 Å². The molecule has 0 unspecified atom stereocenters. The van der Waals surface area contributed by atoms with Gasteiger partial charge in [-0.05, 0) is 67.5 Å². The number of benzene rings is 2. The first-order valence-corrected chi connectivity index (χ1v) is 10.7. The van der Waals surface area contributed by atoms with Crippen molar-refractivity contribution in [3.63, 3.8) is 0 Å². The maximum absolute atomic E-state index is 12.9. The summed E-state index contributed by atoms with van der Waals surface area (Å²) in [5.74, 6) is 1.69. The number of hydrogen-bond donors (Lipinski definition) is 0. The van der Waals surface area contributed by atoms with Gasteiger partial charge in [-0.2, -0.15) is 0 Å². The zero-order valence-electron chi connectivity index (χ0n) is 18.2. The van der Waals surface area contributed by atoms with Crippen molar-refractivity contribution in [1.82, 2.24) is 4.90 Å². The van der Waals surface area contributed by atoms with Gasteiger partial charge in [0.1, 0.15) is 18.1 Å². The number of carbonyl (C=O) groups excluding carboxylic acids is 1. The van der Waals surface area contributed by atoms with Gasteiger partial charge < -0.3 is 14.4 Å². The molecule has 156 valence electrons. The summed E-state index contributed by atoms with van der Waals surface area (Å²) in [6.45, 7) is 11.2. The van der Waals surface area contributed by atoms with Gasteiger partial charge in [0.05, 0.1) is 6.61 Å². The lowest BCUT2D eigenvalue weighted by Gasteiger charge is -2.27. The van der Waals surface area contributed by atoms with Gasteiger partial charge in [-0.25, -0.2) is 0 Å². The molecule has 4 nitrogen and oxygen atoms in total. The van der Waals surface area contributed by atoms with E-state index in [9.17, 15) is 4.79 Å². The van der Waals surface area contributed by atoms with Crippen LogP contribution in [0.25, 0.3) is 0 Å². The van der Waals surface area contributed by atoms with Gasteiger partial charge in [-0.3, -0.25) is 4.79 Å². The molecule has 29 heavy (non-hydrogen) atoms. The fourth-order valence-electron chi connectivity index (χ4n) is 3.61. The SMILES string of the molecule is CCOc1ccc(C(=O)N2CCCCC2)cc1COc1ccc(C(C)(C)C)cc1. The van der Waals surface area contributed by atoms with Gasteiger partial charge >= 0.3 is 0 Å². The van der Waals surface area contributed by atoms with Crippen LogP contribution in [0, 0.1) is 0 Å². The quantitative estimate of drug-likeness (QED) is 0.640. The minimum absolute atomic E-state index is 0.100. The van der Waals surface area contributed by atoms with Gasteiger partial charge in [-0.15, -0.1) is 0 Å². The van der Waals surface area contributed by atoms with Crippen LogP contribution in [-0.2, 0) is 12.0 Å². The fourth-order valence-corrected chi connectivity index (χ4v) is 3.61. The van der Waals surface area contributed by atoms with E-state index in [1.807, 2.05) is 42.2 Å². The van der Waals surface area contributed by atoms with Crippen LogP contribution in [0.1, 0.15) is 68.4 Å². The van der Waals surface area contributed by atoms with E-state index in [0.29, 0.717) is 18.8 Å². The summed E-state index contributed by atoms with van der Waals surface area (Å²) in [4.78, 5) is 14.8. The summed E-state index contributed by atoms with van der Waals surface area (Å²) < 4.78 is 11.8. The van der Waals surface area contributed by atoms with E-state index in [-0.39, 0.29) is 11.3 Å². The van der Waals surface area contributed by atoms with E-state index in [0.717, 1.165) is 43.0 Å². The molecule has 0 aromatic heterocycles. The molecule has 2 aromatic carbocycles. The first kappa shape index (κ1) is 21.2. The highest BCUT2D eigenvalue weighted by Gasteiger charge is 2.20. The highest BCUT2D eigenvalue weighted by molar-refractivity contribution is 5.94. The van der Waals surface area contributed by atoms with Crippen LogP contribution in [0.15, 0.2) is 42.5 Å². The zero-order chi connectivity index (χ0) is 20.9. The summed E-state index contributed by atoms with van der Waals surface area (Å²) in [5, 5.41) is 0. The normalized spacial score (nSPS) is 14.6. The first-order valence-electron chi connectivity index (χ1n) is 10.7. The minimum atomic E-state index is 0.100. The zero-order valence-corrected chi connectivity index (χ0v) is 18.2. The Bertz CT molecular complexity index is 815. The number of ether oxygens (including phenoxy) is 2. The molecule has 0 N–H and O–H groups in total. The Morgan fingerprint density at radius 1 is 0.966 bits per heavy atom. The second-order valence-corrected chi connectivity index (χ2v) is 8.67. The van der Waals surface area contributed by atoms with E-state index >= 15 is 0 Å². The smallest absolute Gasteiger partial charge is 0.253 e. The van der Waals surface area contributed by atoms with Crippen molar-refractivity contribution in [2.45, 2.75) is 59.0 Å². The average Bonchev–Trinajstić information content (AvgIpc) is 2.73. The third-order valence-electron chi connectivity index (χ3n) is 5.37. The fraction of sp³-hybridized carbons (Fsp3) is 0.480. The number of piperidine rings is 1. The molecule has 1 aliphatic rings. The van der Waals surface area contributed by atoms with Crippen LogP contribution < -0.4 is 9.47 Å². The van der Waals surface area contributed by atoms with Crippen molar-refractivity contribution in [3.05, 3.63) is 59.2 Å². The molecule has 2 aromatic rings. The molecule has 1 heterocycles.